The van der Waals surface area contributed by atoms with Gasteiger partial charge in [0.05, 0.1) is 6.10 Å². The lowest BCUT2D eigenvalue weighted by Gasteiger charge is -2.30. The van der Waals surface area contributed by atoms with Gasteiger partial charge in [0.1, 0.15) is 5.82 Å². The van der Waals surface area contributed by atoms with Crippen LogP contribution in [0.5, 0.6) is 0 Å². The van der Waals surface area contributed by atoms with E-state index < -0.39 is 0 Å². The zero-order valence-electron chi connectivity index (χ0n) is 10.9. The van der Waals surface area contributed by atoms with Gasteiger partial charge in [-0.05, 0) is 33.2 Å². The summed E-state index contributed by atoms with van der Waals surface area (Å²) in [6.45, 7) is 4.04. The third-order valence-corrected chi connectivity index (χ3v) is 3.58. The van der Waals surface area contributed by atoms with Gasteiger partial charge in [0.15, 0.2) is 0 Å². The summed E-state index contributed by atoms with van der Waals surface area (Å²) < 4.78 is 8.06. The van der Waals surface area contributed by atoms with Crippen LogP contribution in [0.15, 0.2) is 12.4 Å². The van der Waals surface area contributed by atoms with Crippen molar-refractivity contribution in [3.8, 4) is 0 Å². The van der Waals surface area contributed by atoms with E-state index in [0.717, 1.165) is 25.4 Å². The van der Waals surface area contributed by atoms with E-state index in [1.807, 2.05) is 19.4 Å². The molecule has 0 spiro atoms. The Morgan fingerprint density at radius 1 is 1.59 bits per heavy atom. The molecular formula is C13H23N3O. The van der Waals surface area contributed by atoms with Crippen LogP contribution >= 0.6 is 0 Å². The second-order valence-corrected chi connectivity index (χ2v) is 4.63. The van der Waals surface area contributed by atoms with Crippen LogP contribution in [0.1, 0.15) is 32.0 Å². The summed E-state index contributed by atoms with van der Waals surface area (Å²) in [5, 5.41) is 3.38. The first-order valence-electron chi connectivity index (χ1n) is 6.64. The number of ether oxygens (including phenoxy) is 1. The molecule has 96 valence electrons. The molecule has 1 fully saturated rings. The van der Waals surface area contributed by atoms with Crippen molar-refractivity contribution < 1.29 is 4.74 Å². The Kier molecular flexibility index (Phi) is 4.57. The van der Waals surface area contributed by atoms with E-state index in [1.54, 1.807) is 0 Å². The quantitative estimate of drug-likeness (QED) is 0.845. The molecule has 2 rings (SSSR count). The summed E-state index contributed by atoms with van der Waals surface area (Å²) in [5.74, 6) is 1.15. The van der Waals surface area contributed by atoms with Gasteiger partial charge in [-0.15, -0.1) is 0 Å². The van der Waals surface area contributed by atoms with Crippen molar-refractivity contribution in [2.24, 2.45) is 0 Å². The Bertz CT molecular complexity index is 331. The lowest BCUT2D eigenvalue weighted by atomic mass is 9.99. The number of hydrogen-bond donors (Lipinski definition) is 1. The Morgan fingerprint density at radius 2 is 2.47 bits per heavy atom. The summed E-state index contributed by atoms with van der Waals surface area (Å²) in [5.41, 5.74) is 0. The molecule has 1 N–H and O–H groups in total. The fraction of sp³-hybridized carbons (Fsp3) is 0.769. The van der Waals surface area contributed by atoms with Crippen molar-refractivity contribution in [1.29, 1.82) is 0 Å². The van der Waals surface area contributed by atoms with Crippen molar-refractivity contribution in [1.82, 2.24) is 14.9 Å². The van der Waals surface area contributed by atoms with Gasteiger partial charge in [-0.1, -0.05) is 0 Å². The predicted molar refractivity (Wildman–Crippen MR) is 68.0 cm³/mol. The lowest BCUT2D eigenvalue weighted by Crippen LogP contribution is -2.43. The Balaban J connectivity index is 1.98. The van der Waals surface area contributed by atoms with Crippen molar-refractivity contribution >= 4 is 0 Å². The average Bonchev–Trinajstić information content (AvgIpc) is 2.84. The van der Waals surface area contributed by atoms with Crippen LogP contribution in [0.25, 0.3) is 0 Å². The minimum atomic E-state index is 0.343. The number of aryl methyl sites for hydroxylation is 1. The summed E-state index contributed by atoms with van der Waals surface area (Å²) in [6.07, 6.45) is 8.87. The topological polar surface area (TPSA) is 39.1 Å². The SMILES string of the molecule is CCn1ccnc1CC(NC)C1CCCCO1. The van der Waals surface area contributed by atoms with Gasteiger partial charge >= 0.3 is 0 Å². The first-order valence-corrected chi connectivity index (χ1v) is 6.64. The third kappa shape index (κ3) is 3.07. The molecular weight excluding hydrogens is 214 g/mol. The minimum Gasteiger partial charge on any atom is -0.377 e. The molecule has 0 bridgehead atoms. The largest absolute Gasteiger partial charge is 0.377 e. The number of imidazole rings is 1. The molecule has 4 nitrogen and oxygen atoms in total. The molecule has 2 heterocycles. The molecule has 1 saturated heterocycles. The lowest BCUT2D eigenvalue weighted by molar-refractivity contribution is -0.00639. The van der Waals surface area contributed by atoms with Gasteiger partial charge < -0.3 is 14.6 Å². The Morgan fingerprint density at radius 3 is 3.12 bits per heavy atom. The number of nitrogens with zero attached hydrogens (tertiary/aromatic N) is 2. The second kappa shape index (κ2) is 6.17. The molecule has 0 aromatic carbocycles. The summed E-state index contributed by atoms with van der Waals surface area (Å²) >= 11 is 0. The van der Waals surface area contributed by atoms with E-state index in [9.17, 15) is 0 Å². The zero-order valence-corrected chi connectivity index (χ0v) is 10.9. The van der Waals surface area contributed by atoms with Crippen LogP contribution in [0.2, 0.25) is 0 Å². The second-order valence-electron chi connectivity index (χ2n) is 4.63. The van der Waals surface area contributed by atoms with Crippen LogP contribution in [-0.4, -0.2) is 35.4 Å². The third-order valence-electron chi connectivity index (χ3n) is 3.58. The molecule has 1 aliphatic heterocycles. The molecule has 1 aliphatic rings. The molecule has 0 radical (unpaired) electrons. The standard InChI is InChI=1S/C13H23N3O/c1-3-16-8-7-15-13(16)10-11(14-2)12-6-4-5-9-17-12/h7-8,11-12,14H,3-6,9-10H2,1-2H3. The Hall–Kier alpha value is -0.870. The predicted octanol–water partition coefficient (Wildman–Crippen LogP) is 1.60. The van der Waals surface area contributed by atoms with E-state index in [0.29, 0.717) is 12.1 Å². The molecule has 0 saturated carbocycles. The molecule has 4 heteroatoms. The van der Waals surface area contributed by atoms with Crippen LogP contribution in [0.3, 0.4) is 0 Å². The van der Waals surface area contributed by atoms with Crippen LogP contribution in [0.4, 0.5) is 0 Å². The summed E-state index contributed by atoms with van der Waals surface area (Å²) in [6, 6.07) is 0.378. The highest BCUT2D eigenvalue weighted by Crippen LogP contribution is 2.18. The normalized spacial score (nSPS) is 22.6. The number of likely N-dealkylation sites (N-methyl/N-ethyl adjacent to an activating group) is 1. The smallest absolute Gasteiger partial charge is 0.110 e. The fourth-order valence-electron chi connectivity index (χ4n) is 2.52. The maximum atomic E-state index is 5.85. The van der Waals surface area contributed by atoms with Crippen LogP contribution < -0.4 is 5.32 Å². The first kappa shape index (κ1) is 12.6. The highest BCUT2D eigenvalue weighted by Gasteiger charge is 2.24. The molecule has 17 heavy (non-hydrogen) atoms. The Labute approximate surface area is 103 Å². The van der Waals surface area contributed by atoms with Gasteiger partial charge in [-0.2, -0.15) is 0 Å². The number of rotatable bonds is 5. The molecule has 0 aliphatic carbocycles. The minimum absolute atomic E-state index is 0.343. The van der Waals surface area contributed by atoms with Gasteiger partial charge in [0.25, 0.3) is 0 Å². The van der Waals surface area contributed by atoms with Crippen molar-refractivity contribution in [2.45, 2.75) is 51.3 Å². The number of aromatic nitrogens is 2. The van der Waals surface area contributed by atoms with Crippen LogP contribution in [-0.2, 0) is 17.7 Å². The molecule has 2 unspecified atom stereocenters. The fourth-order valence-corrected chi connectivity index (χ4v) is 2.52. The van der Waals surface area contributed by atoms with Crippen molar-refractivity contribution in [3.05, 3.63) is 18.2 Å². The van der Waals surface area contributed by atoms with E-state index in [2.05, 4.69) is 21.8 Å². The van der Waals surface area contributed by atoms with Crippen molar-refractivity contribution in [2.75, 3.05) is 13.7 Å². The molecule has 0 amide bonds. The maximum absolute atomic E-state index is 5.85. The van der Waals surface area contributed by atoms with E-state index >= 15 is 0 Å². The van der Waals surface area contributed by atoms with E-state index in [4.69, 9.17) is 4.74 Å². The zero-order chi connectivity index (χ0) is 12.1. The highest BCUT2D eigenvalue weighted by molar-refractivity contribution is 4.97. The average molecular weight is 237 g/mol. The van der Waals surface area contributed by atoms with Gasteiger partial charge in [0.2, 0.25) is 0 Å². The van der Waals surface area contributed by atoms with Crippen molar-refractivity contribution in [3.63, 3.8) is 0 Å². The van der Waals surface area contributed by atoms with E-state index in [-0.39, 0.29) is 0 Å². The maximum Gasteiger partial charge on any atom is 0.110 e. The van der Waals surface area contributed by atoms with Gasteiger partial charge in [-0.3, -0.25) is 0 Å². The molecule has 1 aromatic rings. The summed E-state index contributed by atoms with van der Waals surface area (Å²) in [7, 11) is 2.02. The number of hydrogen-bond acceptors (Lipinski definition) is 3. The van der Waals surface area contributed by atoms with E-state index in [1.165, 1.54) is 19.3 Å². The van der Waals surface area contributed by atoms with Gasteiger partial charge in [0, 0.05) is 38.0 Å². The van der Waals surface area contributed by atoms with Crippen LogP contribution in [0, 0.1) is 0 Å². The molecule has 2 atom stereocenters. The summed E-state index contributed by atoms with van der Waals surface area (Å²) in [4.78, 5) is 4.44. The first-order chi connectivity index (χ1) is 8.35. The molecule has 1 aromatic heterocycles. The monoisotopic (exact) mass is 237 g/mol. The number of nitrogens with one attached hydrogen (secondary N) is 1. The highest BCUT2D eigenvalue weighted by atomic mass is 16.5. The van der Waals surface area contributed by atoms with Gasteiger partial charge in [-0.25, -0.2) is 4.98 Å².